The molecule has 1 aromatic carbocycles. The third kappa shape index (κ3) is 2.05. The fourth-order valence-electron chi connectivity index (χ4n) is 0.860. The summed E-state index contributed by atoms with van der Waals surface area (Å²) >= 11 is 0. The number of aliphatic carboxylic acids is 1. The van der Waals surface area contributed by atoms with E-state index in [2.05, 4.69) is 0 Å². The van der Waals surface area contributed by atoms with Gasteiger partial charge in [0.15, 0.2) is 0 Å². The van der Waals surface area contributed by atoms with E-state index in [9.17, 15) is 14.7 Å². The molecule has 0 atom stereocenters. The van der Waals surface area contributed by atoms with Crippen molar-refractivity contribution in [3.05, 3.63) is 29.8 Å². The Balaban J connectivity index is 2.92. The van der Waals surface area contributed by atoms with Crippen molar-refractivity contribution in [1.82, 2.24) is 0 Å². The summed E-state index contributed by atoms with van der Waals surface area (Å²) in [6, 6.07) is 5.76. The van der Waals surface area contributed by atoms with Crippen LogP contribution in [-0.2, 0) is 4.79 Å². The van der Waals surface area contributed by atoms with E-state index in [4.69, 9.17) is 4.74 Å². The molecule has 68 valence electrons. The van der Waals surface area contributed by atoms with Crippen LogP contribution in [0.2, 0.25) is 0 Å². The topological polar surface area (TPSA) is 66.4 Å². The molecule has 0 bridgehead atoms. The average Bonchev–Trinajstić information content (AvgIpc) is 2.17. The number of ketones is 1. The molecule has 0 N–H and O–H groups in total. The average molecular weight is 179 g/mol. The lowest BCUT2D eigenvalue weighted by Crippen LogP contribution is -2.31. The summed E-state index contributed by atoms with van der Waals surface area (Å²) in [7, 11) is 1.48. The van der Waals surface area contributed by atoms with E-state index in [1.807, 2.05) is 0 Å². The second-order valence-corrected chi connectivity index (χ2v) is 2.35. The smallest absolute Gasteiger partial charge is 0.208 e. The van der Waals surface area contributed by atoms with Gasteiger partial charge in [0.25, 0.3) is 0 Å². The maximum atomic E-state index is 10.8. The molecule has 0 spiro atoms. The van der Waals surface area contributed by atoms with Crippen LogP contribution in [0.4, 0.5) is 0 Å². The third-order valence-corrected chi connectivity index (χ3v) is 1.54. The number of carbonyl (C=O) groups is 2. The Morgan fingerprint density at radius 2 is 1.77 bits per heavy atom. The van der Waals surface area contributed by atoms with Gasteiger partial charge in [0.05, 0.1) is 7.11 Å². The zero-order valence-electron chi connectivity index (χ0n) is 6.94. The molecule has 0 aliphatic heterocycles. The maximum absolute atomic E-state index is 10.8. The predicted octanol–water partition coefficient (Wildman–Crippen LogP) is -0.372. The quantitative estimate of drug-likeness (QED) is 0.469. The van der Waals surface area contributed by atoms with Gasteiger partial charge in [0.2, 0.25) is 5.78 Å². The summed E-state index contributed by atoms with van der Waals surface area (Å²) in [5.74, 6) is -2.16. The van der Waals surface area contributed by atoms with E-state index in [1.54, 1.807) is 0 Å². The number of rotatable bonds is 3. The molecule has 0 radical (unpaired) electrons. The van der Waals surface area contributed by atoms with E-state index in [1.165, 1.54) is 31.4 Å². The summed E-state index contributed by atoms with van der Waals surface area (Å²) < 4.78 is 4.84. The minimum Gasteiger partial charge on any atom is -0.541 e. The summed E-state index contributed by atoms with van der Waals surface area (Å²) in [6.07, 6.45) is 0. The molecule has 0 aromatic heterocycles. The number of carbonyl (C=O) groups excluding carboxylic acids is 2. The molecule has 0 saturated heterocycles. The van der Waals surface area contributed by atoms with Crippen molar-refractivity contribution in [2.45, 2.75) is 0 Å². The van der Waals surface area contributed by atoms with Gasteiger partial charge in [-0.05, 0) is 24.3 Å². The molecule has 13 heavy (non-hydrogen) atoms. The summed E-state index contributed by atoms with van der Waals surface area (Å²) in [5, 5.41) is 10.2. The lowest BCUT2D eigenvalue weighted by molar-refractivity contribution is -0.296. The van der Waals surface area contributed by atoms with Gasteiger partial charge in [-0.15, -0.1) is 0 Å². The molecule has 0 fully saturated rings. The molecule has 1 aromatic rings. The van der Waals surface area contributed by atoms with Crippen molar-refractivity contribution in [3.63, 3.8) is 0 Å². The second kappa shape index (κ2) is 3.71. The summed E-state index contributed by atoms with van der Waals surface area (Å²) in [4.78, 5) is 21.0. The molecule has 4 nitrogen and oxygen atoms in total. The zero-order chi connectivity index (χ0) is 9.84. The van der Waals surface area contributed by atoms with Crippen LogP contribution in [0.1, 0.15) is 10.4 Å². The Hall–Kier alpha value is -1.84. The Morgan fingerprint density at radius 1 is 1.23 bits per heavy atom. The van der Waals surface area contributed by atoms with E-state index in [0.29, 0.717) is 5.75 Å². The van der Waals surface area contributed by atoms with Crippen LogP contribution in [-0.4, -0.2) is 18.9 Å². The van der Waals surface area contributed by atoms with Gasteiger partial charge in [-0.25, -0.2) is 0 Å². The van der Waals surface area contributed by atoms with Crippen LogP contribution in [0.5, 0.6) is 5.75 Å². The molecule has 0 heterocycles. The molecule has 4 heteroatoms. The molecule has 0 unspecified atom stereocenters. The van der Waals surface area contributed by atoms with Gasteiger partial charge in [0.1, 0.15) is 11.7 Å². The number of carboxylic acids is 1. The number of benzene rings is 1. The Labute approximate surface area is 74.8 Å². The lowest BCUT2D eigenvalue weighted by Gasteiger charge is -2.02. The highest BCUT2D eigenvalue weighted by atomic mass is 16.5. The Bertz CT molecular complexity index is 326. The van der Waals surface area contributed by atoms with Crippen LogP contribution in [0, 0.1) is 0 Å². The number of ether oxygens (including phenoxy) is 1. The molecule has 0 saturated carbocycles. The molecule has 0 aliphatic carbocycles. The summed E-state index contributed by atoms with van der Waals surface area (Å²) in [5.41, 5.74) is 0.0841. The largest absolute Gasteiger partial charge is 0.541 e. The van der Waals surface area contributed by atoms with Crippen molar-refractivity contribution in [2.75, 3.05) is 7.11 Å². The monoisotopic (exact) mass is 179 g/mol. The maximum Gasteiger partial charge on any atom is 0.208 e. The van der Waals surface area contributed by atoms with Gasteiger partial charge in [-0.1, -0.05) is 0 Å². The number of Topliss-reactive ketones (excluding diaryl/α,β-unsaturated/α-hetero) is 1. The van der Waals surface area contributed by atoms with Crippen LogP contribution >= 0.6 is 0 Å². The highest BCUT2D eigenvalue weighted by Gasteiger charge is 2.05. The predicted molar refractivity (Wildman–Crippen MR) is 42.3 cm³/mol. The van der Waals surface area contributed by atoms with Crippen molar-refractivity contribution in [1.29, 1.82) is 0 Å². The Morgan fingerprint density at radius 3 is 2.15 bits per heavy atom. The minimum atomic E-state index is -1.70. The van der Waals surface area contributed by atoms with Crippen LogP contribution in [0.15, 0.2) is 24.3 Å². The van der Waals surface area contributed by atoms with E-state index >= 15 is 0 Å². The number of hydrogen-bond acceptors (Lipinski definition) is 4. The van der Waals surface area contributed by atoms with Crippen molar-refractivity contribution in [3.8, 4) is 5.75 Å². The van der Waals surface area contributed by atoms with Gasteiger partial charge in [-0.3, -0.25) is 4.79 Å². The first-order valence-corrected chi connectivity index (χ1v) is 3.55. The Kier molecular flexibility index (Phi) is 2.64. The van der Waals surface area contributed by atoms with Gasteiger partial charge in [0, 0.05) is 5.56 Å². The first-order chi connectivity index (χ1) is 6.15. The van der Waals surface area contributed by atoms with Crippen LogP contribution in [0.3, 0.4) is 0 Å². The van der Waals surface area contributed by atoms with E-state index in [0.717, 1.165) is 0 Å². The molecular formula is C9H7O4-. The molecule has 0 aliphatic rings. The highest BCUT2D eigenvalue weighted by Crippen LogP contribution is 2.11. The minimum absolute atomic E-state index is 0.0841. The van der Waals surface area contributed by atoms with E-state index in [-0.39, 0.29) is 5.56 Å². The van der Waals surface area contributed by atoms with Crippen molar-refractivity contribution < 1.29 is 19.4 Å². The zero-order valence-corrected chi connectivity index (χ0v) is 6.94. The van der Waals surface area contributed by atoms with Crippen molar-refractivity contribution >= 4 is 11.8 Å². The first-order valence-electron chi connectivity index (χ1n) is 3.55. The van der Waals surface area contributed by atoms with Crippen molar-refractivity contribution in [2.24, 2.45) is 0 Å². The van der Waals surface area contributed by atoms with Gasteiger partial charge < -0.3 is 14.6 Å². The molecule has 1 rings (SSSR count). The fourth-order valence-corrected chi connectivity index (χ4v) is 0.860. The number of carboxylic acid groups (broad SMARTS) is 1. The van der Waals surface area contributed by atoms with Gasteiger partial charge >= 0.3 is 0 Å². The lowest BCUT2D eigenvalue weighted by atomic mass is 10.1. The number of methoxy groups -OCH3 is 1. The number of hydrogen-bond donors (Lipinski definition) is 0. The van der Waals surface area contributed by atoms with E-state index < -0.39 is 11.8 Å². The standard InChI is InChI=1S/C9H8O4/c1-13-7-4-2-6(3-5-7)8(10)9(11)12/h2-5H,1H3,(H,11,12)/p-1. The normalized spacial score (nSPS) is 9.31. The molecule has 0 amide bonds. The first kappa shape index (κ1) is 9.25. The highest BCUT2D eigenvalue weighted by molar-refractivity contribution is 6.38. The van der Waals surface area contributed by atoms with Gasteiger partial charge in [-0.2, -0.15) is 0 Å². The SMILES string of the molecule is COc1ccc(C(=O)C(=O)[O-])cc1. The van der Waals surface area contributed by atoms with Crippen LogP contribution in [0.25, 0.3) is 0 Å². The molecular weight excluding hydrogens is 172 g/mol. The fraction of sp³-hybridized carbons (Fsp3) is 0.111. The summed E-state index contributed by atoms with van der Waals surface area (Å²) in [6.45, 7) is 0. The third-order valence-electron chi connectivity index (χ3n) is 1.54. The second-order valence-electron chi connectivity index (χ2n) is 2.35. The van der Waals surface area contributed by atoms with Crippen LogP contribution < -0.4 is 9.84 Å².